The Kier molecular flexibility index (Phi) is 5.58. The molecule has 0 bridgehead atoms. The molecule has 3 aromatic rings. The van der Waals surface area contributed by atoms with Crippen LogP contribution in [-0.2, 0) is 10.0 Å². The lowest BCUT2D eigenvalue weighted by atomic mass is 10.1. The van der Waals surface area contributed by atoms with E-state index < -0.39 is 10.0 Å². The van der Waals surface area contributed by atoms with Crippen LogP contribution in [0.1, 0.15) is 10.4 Å². The Bertz CT molecular complexity index is 1280. The Balaban J connectivity index is 1.50. The number of piperazine rings is 1. The molecule has 30 heavy (non-hydrogen) atoms. The molecule has 0 aliphatic carbocycles. The van der Waals surface area contributed by atoms with Crippen LogP contribution in [0.3, 0.4) is 0 Å². The number of amides is 1. The van der Waals surface area contributed by atoms with Crippen molar-refractivity contribution < 1.29 is 17.9 Å². The van der Waals surface area contributed by atoms with E-state index in [4.69, 9.17) is 16.3 Å². The monoisotopic (exact) mass is 467 g/mol. The highest BCUT2D eigenvalue weighted by Crippen LogP contribution is 2.26. The number of benzene rings is 2. The van der Waals surface area contributed by atoms with Crippen molar-refractivity contribution in [3.63, 3.8) is 0 Å². The number of rotatable bonds is 4. The fourth-order valence-corrected chi connectivity index (χ4v) is 5.84. The lowest BCUT2D eigenvalue weighted by Crippen LogP contribution is -2.50. The zero-order chi connectivity index (χ0) is 21.5. The van der Waals surface area contributed by atoms with E-state index in [9.17, 15) is 18.0 Å². The third-order valence-electron chi connectivity index (χ3n) is 4.95. The molecule has 0 saturated carbocycles. The average Bonchev–Trinajstić information content (AvgIpc) is 3.12. The summed E-state index contributed by atoms with van der Waals surface area (Å²) in [4.78, 5) is 28.5. The number of ether oxygens (including phenoxy) is 1. The summed E-state index contributed by atoms with van der Waals surface area (Å²) in [6, 6.07) is 9.36. The lowest BCUT2D eigenvalue weighted by molar-refractivity contribution is 0.0694. The summed E-state index contributed by atoms with van der Waals surface area (Å²) >= 11 is 6.92. The smallest absolute Gasteiger partial charge is 0.305 e. The molecule has 8 nitrogen and oxygen atoms in total. The molecular weight excluding hydrogens is 450 g/mol. The second-order valence-electron chi connectivity index (χ2n) is 6.71. The Labute approximate surface area is 181 Å². The molecule has 1 aliphatic heterocycles. The predicted molar refractivity (Wildman–Crippen MR) is 115 cm³/mol. The van der Waals surface area contributed by atoms with Gasteiger partial charge in [0.2, 0.25) is 10.0 Å². The van der Waals surface area contributed by atoms with Crippen molar-refractivity contribution in [1.82, 2.24) is 14.2 Å². The molecule has 4 rings (SSSR count). The van der Waals surface area contributed by atoms with E-state index in [2.05, 4.69) is 4.98 Å². The van der Waals surface area contributed by atoms with E-state index in [0.717, 1.165) is 11.3 Å². The van der Waals surface area contributed by atoms with Gasteiger partial charge in [0.1, 0.15) is 5.75 Å². The van der Waals surface area contributed by atoms with Crippen LogP contribution in [0.4, 0.5) is 0 Å². The number of nitrogens with one attached hydrogen (secondary N) is 1. The molecular formula is C19H18ClN3O5S2. The minimum atomic E-state index is -3.73. The van der Waals surface area contributed by atoms with Crippen LogP contribution in [0.2, 0.25) is 5.02 Å². The highest BCUT2D eigenvalue weighted by Gasteiger charge is 2.31. The van der Waals surface area contributed by atoms with Crippen LogP contribution in [0.25, 0.3) is 10.2 Å². The molecule has 2 heterocycles. The Morgan fingerprint density at radius 3 is 2.57 bits per heavy atom. The summed E-state index contributed by atoms with van der Waals surface area (Å²) < 4.78 is 33.2. The highest BCUT2D eigenvalue weighted by atomic mass is 35.5. The van der Waals surface area contributed by atoms with E-state index in [1.807, 2.05) is 0 Å². The summed E-state index contributed by atoms with van der Waals surface area (Å²) in [5.74, 6) is 0.139. The Morgan fingerprint density at radius 1 is 1.13 bits per heavy atom. The molecule has 1 amide bonds. The van der Waals surface area contributed by atoms with Gasteiger partial charge in [0.25, 0.3) is 5.91 Å². The zero-order valence-electron chi connectivity index (χ0n) is 15.9. The van der Waals surface area contributed by atoms with Crippen molar-refractivity contribution >= 4 is 49.1 Å². The average molecular weight is 468 g/mol. The molecule has 1 fully saturated rings. The first-order chi connectivity index (χ1) is 14.3. The maximum atomic E-state index is 13.0. The van der Waals surface area contributed by atoms with Crippen LogP contribution < -0.4 is 9.61 Å². The van der Waals surface area contributed by atoms with Crippen LogP contribution in [0.15, 0.2) is 46.1 Å². The summed E-state index contributed by atoms with van der Waals surface area (Å²) in [5.41, 5.74) is 0.988. The molecule has 158 valence electrons. The summed E-state index contributed by atoms with van der Waals surface area (Å²) in [6.45, 7) is 0.851. The first-order valence-corrected chi connectivity index (χ1v) is 11.7. The number of halogens is 1. The van der Waals surface area contributed by atoms with Crippen LogP contribution >= 0.6 is 22.9 Å². The van der Waals surface area contributed by atoms with E-state index in [1.165, 1.54) is 23.5 Å². The number of sulfonamides is 1. The number of carbonyl (C=O) groups excluding carboxylic acids is 1. The maximum absolute atomic E-state index is 13.0. The van der Waals surface area contributed by atoms with E-state index in [1.54, 1.807) is 29.2 Å². The van der Waals surface area contributed by atoms with Gasteiger partial charge in [-0.1, -0.05) is 22.9 Å². The molecule has 1 saturated heterocycles. The van der Waals surface area contributed by atoms with Gasteiger partial charge < -0.3 is 14.6 Å². The fourth-order valence-electron chi connectivity index (χ4n) is 3.38. The van der Waals surface area contributed by atoms with Gasteiger partial charge >= 0.3 is 4.87 Å². The first kappa shape index (κ1) is 20.9. The summed E-state index contributed by atoms with van der Waals surface area (Å²) in [5, 5.41) is 0.462. The largest absolute Gasteiger partial charge is 0.496 e. The number of hydrogen-bond acceptors (Lipinski definition) is 6. The molecule has 11 heteroatoms. The Hall–Kier alpha value is -2.40. The zero-order valence-corrected chi connectivity index (χ0v) is 18.3. The number of fused-ring (bicyclic) bond motifs is 1. The molecule has 2 aromatic carbocycles. The van der Waals surface area contributed by atoms with Crippen molar-refractivity contribution in [3.05, 3.63) is 56.7 Å². The van der Waals surface area contributed by atoms with Crippen LogP contribution in [0.5, 0.6) is 5.75 Å². The maximum Gasteiger partial charge on any atom is 0.305 e. The van der Waals surface area contributed by atoms with Gasteiger partial charge in [-0.25, -0.2) is 8.42 Å². The summed E-state index contributed by atoms with van der Waals surface area (Å²) in [7, 11) is -2.27. The van der Waals surface area contributed by atoms with Crippen molar-refractivity contribution in [3.8, 4) is 5.75 Å². The van der Waals surface area contributed by atoms with Gasteiger partial charge in [-0.05, 0) is 36.4 Å². The predicted octanol–water partition coefficient (Wildman–Crippen LogP) is 2.40. The number of hydrogen-bond donors (Lipinski definition) is 1. The van der Waals surface area contributed by atoms with Gasteiger partial charge in [0, 0.05) is 31.2 Å². The third kappa shape index (κ3) is 3.83. The number of H-pyrrole nitrogens is 1. The SMILES string of the molecule is COc1cc(Cl)ccc1C(=O)N1CCN(S(=O)(=O)c2ccc3[nH]c(=O)sc3c2)CC1. The number of nitrogens with zero attached hydrogens (tertiary/aromatic N) is 2. The second kappa shape index (κ2) is 8.03. The van der Waals surface area contributed by atoms with Gasteiger partial charge in [-0.2, -0.15) is 4.31 Å². The molecule has 1 aromatic heterocycles. The van der Waals surface area contributed by atoms with Crippen molar-refractivity contribution in [1.29, 1.82) is 0 Å². The van der Waals surface area contributed by atoms with Gasteiger partial charge in [0.15, 0.2) is 0 Å². The van der Waals surface area contributed by atoms with E-state index in [-0.39, 0.29) is 41.9 Å². The molecule has 0 radical (unpaired) electrons. The molecule has 0 atom stereocenters. The van der Waals surface area contributed by atoms with Crippen LogP contribution in [0, 0.1) is 0 Å². The topological polar surface area (TPSA) is 99.8 Å². The third-order valence-corrected chi connectivity index (χ3v) is 7.92. The number of carbonyl (C=O) groups is 1. The number of aromatic amines is 1. The van der Waals surface area contributed by atoms with Crippen molar-refractivity contribution in [2.75, 3.05) is 33.3 Å². The standard InChI is InChI=1S/C19H18ClN3O5S2/c1-28-16-10-12(20)2-4-14(16)18(24)22-6-8-23(9-7-22)30(26,27)13-3-5-15-17(11-13)29-19(25)21-15/h2-5,10-11H,6-9H2,1H3,(H,21,25). The van der Waals surface area contributed by atoms with Gasteiger partial charge in [-0.15, -0.1) is 0 Å². The van der Waals surface area contributed by atoms with E-state index >= 15 is 0 Å². The highest BCUT2D eigenvalue weighted by molar-refractivity contribution is 7.89. The minimum Gasteiger partial charge on any atom is -0.496 e. The fraction of sp³-hybridized carbons (Fsp3) is 0.263. The van der Waals surface area contributed by atoms with Gasteiger partial charge in [-0.3, -0.25) is 9.59 Å². The second-order valence-corrected chi connectivity index (χ2v) is 10.1. The van der Waals surface area contributed by atoms with Gasteiger partial charge in [0.05, 0.1) is 27.8 Å². The number of aromatic nitrogens is 1. The molecule has 1 aliphatic rings. The molecule has 0 spiro atoms. The quantitative estimate of drug-likeness (QED) is 0.635. The van der Waals surface area contributed by atoms with Crippen molar-refractivity contribution in [2.24, 2.45) is 0 Å². The molecule has 0 unspecified atom stereocenters. The van der Waals surface area contributed by atoms with Crippen molar-refractivity contribution in [2.45, 2.75) is 4.90 Å². The summed E-state index contributed by atoms with van der Waals surface area (Å²) in [6.07, 6.45) is 0. The Morgan fingerprint density at radius 2 is 1.87 bits per heavy atom. The van der Waals surface area contributed by atoms with E-state index in [0.29, 0.717) is 26.6 Å². The lowest BCUT2D eigenvalue weighted by Gasteiger charge is -2.34. The normalized spacial score (nSPS) is 15.5. The number of methoxy groups -OCH3 is 1. The first-order valence-electron chi connectivity index (χ1n) is 9.05. The minimum absolute atomic E-state index is 0.129. The molecule has 1 N–H and O–H groups in total. The van der Waals surface area contributed by atoms with Crippen LogP contribution in [-0.4, -0.2) is 61.8 Å². The number of thiazole rings is 1.